The van der Waals surface area contributed by atoms with Crippen LogP contribution in [-0.2, 0) is 20.7 Å². The Morgan fingerprint density at radius 1 is 1.39 bits per heavy atom. The molecule has 5 heteroatoms. The van der Waals surface area contributed by atoms with E-state index in [2.05, 4.69) is 4.99 Å². The maximum atomic E-state index is 11.3. The Kier molecular flexibility index (Phi) is 3.23. The third kappa shape index (κ3) is 2.82. The Labute approximate surface area is 103 Å². The fourth-order valence-electron chi connectivity index (χ4n) is 1.58. The van der Waals surface area contributed by atoms with Crippen molar-refractivity contribution in [1.82, 2.24) is 0 Å². The molecule has 1 N–H and O–H groups in total. The summed E-state index contributed by atoms with van der Waals surface area (Å²) in [6, 6.07) is 6.89. The van der Waals surface area contributed by atoms with Gasteiger partial charge in [-0.15, -0.1) is 0 Å². The minimum Gasteiger partial charge on any atom is -0.481 e. The summed E-state index contributed by atoms with van der Waals surface area (Å²) >= 11 is 0. The van der Waals surface area contributed by atoms with E-state index >= 15 is 0 Å². The Morgan fingerprint density at radius 3 is 2.56 bits per heavy atom. The number of carbonyl (C=O) groups is 2. The largest absolute Gasteiger partial charge is 0.481 e. The van der Waals surface area contributed by atoms with E-state index in [4.69, 9.17) is 9.84 Å². The number of hydrogen-bond donors (Lipinski definition) is 1. The van der Waals surface area contributed by atoms with Crippen LogP contribution in [0.3, 0.4) is 0 Å². The molecule has 0 atom stereocenters. The Bertz CT molecular complexity index is 555. The van der Waals surface area contributed by atoms with Crippen LogP contribution in [-0.4, -0.2) is 22.9 Å². The van der Waals surface area contributed by atoms with E-state index in [1.807, 2.05) is 0 Å². The summed E-state index contributed by atoms with van der Waals surface area (Å²) in [5.41, 5.74) is 1.73. The lowest BCUT2D eigenvalue weighted by molar-refractivity contribution is -0.136. The zero-order chi connectivity index (χ0) is 13.1. The van der Waals surface area contributed by atoms with Gasteiger partial charge in [0.25, 0.3) is 0 Å². The highest BCUT2D eigenvalue weighted by Gasteiger charge is 2.19. The van der Waals surface area contributed by atoms with Gasteiger partial charge < -0.3 is 9.84 Å². The molecule has 0 saturated heterocycles. The third-order valence-electron chi connectivity index (χ3n) is 2.37. The molecular weight excluding hydrogens is 234 g/mol. The number of rotatable bonds is 3. The molecule has 0 amide bonds. The van der Waals surface area contributed by atoms with Gasteiger partial charge in [-0.05, 0) is 17.2 Å². The molecule has 0 saturated carbocycles. The average Bonchev–Trinajstić information content (AvgIpc) is 2.59. The van der Waals surface area contributed by atoms with E-state index < -0.39 is 11.9 Å². The molecule has 18 heavy (non-hydrogen) atoms. The highest BCUT2D eigenvalue weighted by molar-refractivity contribution is 6.06. The van der Waals surface area contributed by atoms with Crippen molar-refractivity contribution in [3.05, 3.63) is 41.1 Å². The number of aliphatic imine (C=N–C) groups is 1. The van der Waals surface area contributed by atoms with Crippen molar-refractivity contribution in [3.8, 4) is 0 Å². The SMILES string of the molecule is CC1=N/C(=C\c2ccc(CC(=O)O)cc2)C(=O)O1. The topological polar surface area (TPSA) is 76.0 Å². The lowest BCUT2D eigenvalue weighted by Crippen LogP contribution is -2.00. The Hall–Kier alpha value is -2.43. The molecule has 5 nitrogen and oxygen atoms in total. The summed E-state index contributed by atoms with van der Waals surface area (Å²) in [4.78, 5) is 25.8. The Balaban J connectivity index is 2.18. The summed E-state index contributed by atoms with van der Waals surface area (Å²) in [5.74, 6) is -1.02. The predicted molar refractivity (Wildman–Crippen MR) is 65.0 cm³/mol. The number of carboxylic acids is 1. The number of cyclic esters (lactones) is 1. The van der Waals surface area contributed by atoms with Gasteiger partial charge in [-0.3, -0.25) is 4.79 Å². The maximum Gasteiger partial charge on any atom is 0.363 e. The van der Waals surface area contributed by atoms with Gasteiger partial charge in [0, 0.05) is 6.92 Å². The number of carboxylic acid groups (broad SMARTS) is 1. The van der Waals surface area contributed by atoms with Gasteiger partial charge in [0.15, 0.2) is 11.6 Å². The van der Waals surface area contributed by atoms with E-state index in [0.717, 1.165) is 5.56 Å². The molecule has 0 fully saturated rings. The number of carbonyl (C=O) groups excluding carboxylic acids is 1. The highest BCUT2D eigenvalue weighted by atomic mass is 16.6. The maximum absolute atomic E-state index is 11.3. The smallest absolute Gasteiger partial charge is 0.363 e. The number of hydrogen-bond acceptors (Lipinski definition) is 4. The molecule has 1 aromatic carbocycles. The van der Waals surface area contributed by atoms with Gasteiger partial charge >= 0.3 is 11.9 Å². The van der Waals surface area contributed by atoms with Gasteiger partial charge in [-0.2, -0.15) is 0 Å². The van der Waals surface area contributed by atoms with Crippen LogP contribution >= 0.6 is 0 Å². The molecule has 0 spiro atoms. The lowest BCUT2D eigenvalue weighted by atomic mass is 10.1. The fraction of sp³-hybridized carbons (Fsp3) is 0.154. The number of esters is 1. The first kappa shape index (κ1) is 12.0. The van der Waals surface area contributed by atoms with Crippen LogP contribution < -0.4 is 0 Å². The molecular formula is C13H11NO4. The van der Waals surface area contributed by atoms with E-state index in [-0.39, 0.29) is 12.1 Å². The van der Waals surface area contributed by atoms with Crippen molar-refractivity contribution < 1.29 is 19.4 Å². The number of aliphatic carboxylic acids is 1. The van der Waals surface area contributed by atoms with Crippen molar-refractivity contribution in [2.75, 3.05) is 0 Å². The standard InChI is InChI=1S/C13H11NO4/c1-8-14-11(13(17)18-8)6-9-2-4-10(5-3-9)7-12(15)16/h2-6H,7H2,1H3,(H,15,16)/b11-6-. The first-order chi connectivity index (χ1) is 8.54. The predicted octanol–water partition coefficient (Wildman–Crippen LogP) is 1.63. The average molecular weight is 245 g/mol. The van der Waals surface area contributed by atoms with Crippen LogP contribution in [0.25, 0.3) is 6.08 Å². The summed E-state index contributed by atoms with van der Waals surface area (Å²) in [6.45, 7) is 1.61. The van der Waals surface area contributed by atoms with Crippen LogP contribution in [0.4, 0.5) is 0 Å². The van der Waals surface area contributed by atoms with Crippen molar-refractivity contribution in [2.45, 2.75) is 13.3 Å². The van der Waals surface area contributed by atoms with Gasteiger partial charge in [-0.25, -0.2) is 9.79 Å². The first-order valence-electron chi connectivity index (χ1n) is 5.34. The quantitative estimate of drug-likeness (QED) is 0.648. The minimum atomic E-state index is -0.874. The van der Waals surface area contributed by atoms with Crippen molar-refractivity contribution in [1.29, 1.82) is 0 Å². The molecule has 92 valence electrons. The second kappa shape index (κ2) is 4.83. The first-order valence-corrected chi connectivity index (χ1v) is 5.34. The number of nitrogens with zero attached hydrogens (tertiary/aromatic N) is 1. The lowest BCUT2D eigenvalue weighted by Gasteiger charge is -1.98. The number of ether oxygens (including phenoxy) is 1. The van der Waals surface area contributed by atoms with E-state index in [1.54, 1.807) is 37.3 Å². The van der Waals surface area contributed by atoms with Gasteiger partial charge in [0.2, 0.25) is 0 Å². The van der Waals surface area contributed by atoms with Crippen LogP contribution in [0.5, 0.6) is 0 Å². The molecule has 0 unspecified atom stereocenters. The molecule has 2 rings (SSSR count). The van der Waals surface area contributed by atoms with Crippen molar-refractivity contribution in [2.24, 2.45) is 4.99 Å². The summed E-state index contributed by atoms with van der Waals surface area (Å²) in [7, 11) is 0. The molecule has 1 aliphatic heterocycles. The number of benzene rings is 1. The highest BCUT2D eigenvalue weighted by Crippen LogP contribution is 2.15. The monoisotopic (exact) mass is 245 g/mol. The van der Waals surface area contributed by atoms with Crippen LogP contribution in [0.15, 0.2) is 35.0 Å². The Morgan fingerprint density at radius 2 is 2.06 bits per heavy atom. The summed E-state index contributed by atoms with van der Waals surface area (Å²) in [5, 5.41) is 8.64. The van der Waals surface area contributed by atoms with Crippen LogP contribution in [0.1, 0.15) is 18.1 Å². The fourth-order valence-corrected chi connectivity index (χ4v) is 1.58. The molecule has 0 aromatic heterocycles. The normalized spacial score (nSPS) is 16.6. The molecule has 0 aliphatic carbocycles. The van der Waals surface area contributed by atoms with E-state index in [1.165, 1.54) is 0 Å². The van der Waals surface area contributed by atoms with E-state index in [0.29, 0.717) is 11.5 Å². The van der Waals surface area contributed by atoms with Crippen LogP contribution in [0, 0.1) is 0 Å². The molecule has 1 heterocycles. The summed E-state index contributed by atoms with van der Waals surface area (Å²) < 4.78 is 4.79. The molecule has 0 bridgehead atoms. The van der Waals surface area contributed by atoms with Gasteiger partial charge in [-0.1, -0.05) is 24.3 Å². The third-order valence-corrected chi connectivity index (χ3v) is 2.37. The second-order valence-electron chi connectivity index (χ2n) is 3.86. The van der Waals surface area contributed by atoms with Crippen molar-refractivity contribution >= 4 is 23.9 Å². The van der Waals surface area contributed by atoms with Crippen LogP contribution in [0.2, 0.25) is 0 Å². The minimum absolute atomic E-state index is 0.0177. The summed E-state index contributed by atoms with van der Waals surface area (Å²) in [6.07, 6.45) is 1.58. The van der Waals surface area contributed by atoms with Crippen molar-refractivity contribution in [3.63, 3.8) is 0 Å². The molecule has 0 radical (unpaired) electrons. The van der Waals surface area contributed by atoms with E-state index in [9.17, 15) is 9.59 Å². The molecule has 1 aromatic rings. The second-order valence-corrected chi connectivity index (χ2v) is 3.86. The van der Waals surface area contributed by atoms with Gasteiger partial charge in [0.1, 0.15) is 0 Å². The molecule has 1 aliphatic rings. The zero-order valence-corrected chi connectivity index (χ0v) is 9.71. The zero-order valence-electron chi connectivity index (χ0n) is 9.71. The van der Waals surface area contributed by atoms with Gasteiger partial charge in [0.05, 0.1) is 6.42 Å².